The molecule has 1 heterocycles. The van der Waals surface area contributed by atoms with Gasteiger partial charge < -0.3 is 21.3 Å². The Labute approximate surface area is 343 Å². The van der Waals surface area contributed by atoms with Crippen molar-refractivity contribution in [1.29, 1.82) is 0 Å². The second-order valence-electron chi connectivity index (χ2n) is 13.6. The van der Waals surface area contributed by atoms with E-state index in [9.17, 15) is 23.2 Å². The normalized spacial score (nSPS) is 12.5. The molecule has 0 bridgehead atoms. The van der Waals surface area contributed by atoms with Gasteiger partial charge in [0.15, 0.2) is 0 Å². The smallest absolute Gasteiger partial charge is 0.251 e. The summed E-state index contributed by atoms with van der Waals surface area (Å²) in [5.41, 5.74) is 11.0. The van der Waals surface area contributed by atoms with Crippen molar-refractivity contribution in [2.45, 2.75) is 120 Å². The zero-order valence-corrected chi connectivity index (χ0v) is 36.4. The number of rotatable bonds is 15. The fourth-order valence-electron chi connectivity index (χ4n) is 5.86. The van der Waals surface area contributed by atoms with E-state index >= 15 is 0 Å². The van der Waals surface area contributed by atoms with Gasteiger partial charge in [-0.15, -0.1) is 0 Å². The first-order valence-corrected chi connectivity index (χ1v) is 20.9. The van der Waals surface area contributed by atoms with E-state index in [1.165, 1.54) is 23.8 Å². The van der Waals surface area contributed by atoms with Gasteiger partial charge in [-0.2, -0.15) is 0 Å². The van der Waals surface area contributed by atoms with Crippen LogP contribution in [0.5, 0.6) is 0 Å². The molecule has 3 aromatic carbocycles. The average Bonchev–Trinajstić information content (AvgIpc) is 3.21. The predicted molar refractivity (Wildman–Crippen MR) is 237 cm³/mol. The van der Waals surface area contributed by atoms with Crippen LogP contribution in [0.15, 0.2) is 91.2 Å². The summed E-state index contributed by atoms with van der Waals surface area (Å²) >= 11 is 0. The van der Waals surface area contributed by atoms with E-state index in [2.05, 4.69) is 44.1 Å². The molecule has 3 amide bonds. The summed E-state index contributed by atoms with van der Waals surface area (Å²) in [6.45, 7) is 23.5. The molecule has 0 aromatic heterocycles. The van der Waals surface area contributed by atoms with Crippen LogP contribution in [0.3, 0.4) is 0 Å². The number of anilines is 1. The van der Waals surface area contributed by atoms with Crippen LogP contribution in [0.25, 0.3) is 11.1 Å². The van der Waals surface area contributed by atoms with Crippen molar-refractivity contribution in [3.8, 4) is 11.1 Å². The Morgan fingerprint density at radius 1 is 0.825 bits per heavy atom. The van der Waals surface area contributed by atoms with E-state index in [0.717, 1.165) is 92.9 Å². The van der Waals surface area contributed by atoms with Gasteiger partial charge in [-0.25, -0.2) is 8.78 Å². The number of allylic oxidation sites excluding steroid dienone is 3. The number of hydrogen-bond donors (Lipinski definition) is 3. The number of nitrogens with two attached hydrogens (primary N) is 1. The largest absolute Gasteiger partial charge is 0.402 e. The Balaban J connectivity index is 0.00000144. The summed E-state index contributed by atoms with van der Waals surface area (Å²) in [5.74, 6) is -0.0753. The summed E-state index contributed by atoms with van der Waals surface area (Å²) in [6.07, 6.45) is 12.3. The van der Waals surface area contributed by atoms with E-state index in [-0.39, 0.29) is 23.6 Å². The van der Waals surface area contributed by atoms with Crippen molar-refractivity contribution in [1.82, 2.24) is 10.6 Å². The molecule has 0 saturated carbocycles. The van der Waals surface area contributed by atoms with Gasteiger partial charge in [0, 0.05) is 55.5 Å². The predicted octanol–water partition coefficient (Wildman–Crippen LogP) is 11.6. The van der Waals surface area contributed by atoms with E-state index in [1.54, 1.807) is 19.1 Å². The van der Waals surface area contributed by atoms with Crippen molar-refractivity contribution < 1.29 is 23.2 Å². The van der Waals surface area contributed by atoms with E-state index < -0.39 is 11.6 Å². The maximum atomic E-state index is 12.6. The van der Waals surface area contributed by atoms with E-state index in [4.69, 9.17) is 5.73 Å². The lowest BCUT2D eigenvalue weighted by Gasteiger charge is -2.29. The molecule has 0 fully saturated rings. The lowest BCUT2D eigenvalue weighted by molar-refractivity contribution is -0.125. The molecular formula is C48H72F2N4O3. The summed E-state index contributed by atoms with van der Waals surface area (Å²) in [4.78, 5) is 38.8. The molecule has 4 rings (SSSR count). The number of benzene rings is 3. The van der Waals surface area contributed by atoms with Crippen molar-refractivity contribution in [2.75, 3.05) is 24.5 Å². The first-order chi connectivity index (χ1) is 27.4. The minimum Gasteiger partial charge on any atom is -0.402 e. The Morgan fingerprint density at radius 3 is 1.91 bits per heavy atom. The van der Waals surface area contributed by atoms with Crippen molar-refractivity contribution in [2.24, 2.45) is 17.6 Å². The molecule has 1 aliphatic heterocycles. The van der Waals surface area contributed by atoms with Gasteiger partial charge in [0.2, 0.25) is 11.8 Å². The highest BCUT2D eigenvalue weighted by Gasteiger charge is 2.20. The molecule has 2 unspecified atom stereocenters. The highest BCUT2D eigenvalue weighted by molar-refractivity contribution is 5.95. The number of halogens is 2. The van der Waals surface area contributed by atoms with Gasteiger partial charge in [0.05, 0.1) is 0 Å². The lowest BCUT2D eigenvalue weighted by atomic mass is 9.93. The molecule has 0 spiro atoms. The maximum absolute atomic E-state index is 12.6. The fourth-order valence-corrected chi connectivity index (χ4v) is 5.86. The average molecular weight is 791 g/mol. The van der Waals surface area contributed by atoms with Gasteiger partial charge in [-0.05, 0) is 123 Å². The number of hydrogen-bond acceptors (Lipinski definition) is 4. The number of nitrogens with one attached hydrogen (secondary N) is 2. The SMILES string of the molecule is C=C/C=C(\C)N.CC.CC.CCC(C)CCC(CC)C(=O)NCCCCCNC(=O)c1ccc(-c2ccc3c(c2)CCCN3C(C)=O)cc1.Fc1cccc(F)c1. The second-order valence-corrected chi connectivity index (χ2v) is 13.6. The fraction of sp³-hybridized carbons (Fsp3) is 0.479. The van der Waals surface area contributed by atoms with Crippen LogP contribution in [0.4, 0.5) is 14.5 Å². The molecule has 57 heavy (non-hydrogen) atoms. The molecule has 0 aliphatic carbocycles. The molecule has 0 saturated heterocycles. The summed E-state index contributed by atoms with van der Waals surface area (Å²) in [6, 6.07) is 18.5. The first-order valence-electron chi connectivity index (χ1n) is 20.9. The lowest BCUT2D eigenvalue weighted by Crippen LogP contribution is -2.33. The number of carbonyl (C=O) groups is 3. The maximum Gasteiger partial charge on any atom is 0.251 e. The van der Waals surface area contributed by atoms with Crippen LogP contribution >= 0.6 is 0 Å². The Bertz CT molecular complexity index is 1600. The highest BCUT2D eigenvalue weighted by atomic mass is 19.1. The third kappa shape index (κ3) is 21.4. The summed E-state index contributed by atoms with van der Waals surface area (Å²) < 4.78 is 23.9. The van der Waals surface area contributed by atoms with E-state index in [0.29, 0.717) is 24.6 Å². The molecule has 0 radical (unpaired) electrons. The summed E-state index contributed by atoms with van der Waals surface area (Å²) in [7, 11) is 0. The zero-order chi connectivity index (χ0) is 43.2. The quantitative estimate of drug-likeness (QED) is 0.105. The Hall–Kier alpha value is -4.79. The molecule has 7 nitrogen and oxygen atoms in total. The van der Waals surface area contributed by atoms with Gasteiger partial charge in [0.1, 0.15) is 11.6 Å². The van der Waals surface area contributed by atoms with Crippen molar-refractivity contribution >= 4 is 23.4 Å². The van der Waals surface area contributed by atoms with Crippen LogP contribution in [0, 0.1) is 23.5 Å². The van der Waals surface area contributed by atoms with Gasteiger partial charge >= 0.3 is 0 Å². The van der Waals surface area contributed by atoms with Crippen LogP contribution in [0.1, 0.15) is 130 Å². The number of fused-ring (bicyclic) bond motifs is 1. The summed E-state index contributed by atoms with van der Waals surface area (Å²) in [5, 5.41) is 6.11. The monoisotopic (exact) mass is 791 g/mol. The van der Waals surface area contributed by atoms with Crippen LogP contribution < -0.4 is 21.3 Å². The zero-order valence-electron chi connectivity index (χ0n) is 36.4. The number of amides is 3. The molecule has 9 heteroatoms. The van der Waals surface area contributed by atoms with Crippen LogP contribution in [-0.2, 0) is 16.0 Å². The second kappa shape index (κ2) is 31.3. The molecule has 4 N–H and O–H groups in total. The third-order valence-corrected chi connectivity index (χ3v) is 9.23. The van der Waals surface area contributed by atoms with Gasteiger partial charge in [0.25, 0.3) is 5.91 Å². The molecule has 1 aliphatic rings. The number of carbonyl (C=O) groups excluding carboxylic acids is 3. The molecular weight excluding hydrogens is 719 g/mol. The highest BCUT2D eigenvalue weighted by Crippen LogP contribution is 2.32. The van der Waals surface area contributed by atoms with Crippen molar-refractivity contribution in [3.63, 3.8) is 0 Å². The number of unbranched alkanes of at least 4 members (excludes halogenated alkanes) is 2. The minimum absolute atomic E-state index is 0.0653. The van der Waals surface area contributed by atoms with Crippen LogP contribution in [-0.4, -0.2) is 37.4 Å². The van der Waals surface area contributed by atoms with E-state index in [1.807, 2.05) is 75.9 Å². The van der Waals surface area contributed by atoms with Gasteiger partial charge in [-0.1, -0.05) is 91.8 Å². The first kappa shape index (κ1) is 52.2. The van der Waals surface area contributed by atoms with Crippen LogP contribution in [0.2, 0.25) is 0 Å². The van der Waals surface area contributed by atoms with Gasteiger partial charge in [-0.3, -0.25) is 14.4 Å². The number of nitrogens with zero attached hydrogens (tertiary/aromatic N) is 1. The standard InChI is InChI=1S/C33H47N3O3.C6H4F2.C5H9N.2C2H6/c1-5-24(3)12-13-26(6-2)32(38)34-20-8-7-9-21-35-33(39)28-16-14-27(15-17-28)29-18-19-31-30(23-29)11-10-22-36(31)25(4)37;7-5-2-1-3-6(8)4-5;1-3-4-5(2)6;2*1-2/h14-19,23-24,26H,5-13,20-22H2,1-4H3,(H,34,38)(H,35,39);1-4H;3-4H,1,6H2,2H3;2*1-2H3/b;;5-4+;;. The molecule has 3 aromatic rings. The number of aryl methyl sites for hydroxylation is 1. The topological polar surface area (TPSA) is 105 Å². The minimum atomic E-state index is -0.537. The molecule has 316 valence electrons. The molecule has 2 atom stereocenters. The third-order valence-electron chi connectivity index (χ3n) is 9.23. The Kier molecular flexibility index (Phi) is 28.7. The Morgan fingerprint density at radius 2 is 1.42 bits per heavy atom. The van der Waals surface area contributed by atoms with Crippen molar-refractivity contribution in [3.05, 3.63) is 114 Å².